The summed E-state index contributed by atoms with van der Waals surface area (Å²) in [7, 11) is 0. The van der Waals surface area contributed by atoms with Crippen LogP contribution in [0.3, 0.4) is 0 Å². The van der Waals surface area contributed by atoms with E-state index in [1.807, 2.05) is 0 Å². The van der Waals surface area contributed by atoms with Crippen LogP contribution in [0.5, 0.6) is 0 Å². The zero-order valence-corrected chi connectivity index (χ0v) is 16.2. The molecule has 3 rings (SSSR count). The number of piperazine rings is 1. The first kappa shape index (κ1) is 22.4. The number of hydrogen-bond donors (Lipinski definition) is 0. The molecule has 2 fully saturated rings. The molecule has 4 nitrogen and oxygen atoms in total. The minimum absolute atomic E-state index is 0.00242. The lowest BCUT2D eigenvalue weighted by Gasteiger charge is -2.37. The topological polar surface area (TPSA) is 40.6 Å². The molecule has 1 aliphatic heterocycles. The van der Waals surface area contributed by atoms with Crippen LogP contribution in [0, 0.1) is 5.92 Å². The van der Waals surface area contributed by atoms with Gasteiger partial charge < -0.3 is 9.80 Å². The van der Waals surface area contributed by atoms with Gasteiger partial charge in [0.1, 0.15) is 0 Å². The highest BCUT2D eigenvalue weighted by Gasteiger charge is 2.38. The van der Waals surface area contributed by atoms with Crippen molar-refractivity contribution in [2.24, 2.45) is 5.92 Å². The maximum atomic E-state index is 13.0. The summed E-state index contributed by atoms with van der Waals surface area (Å²) in [5, 5.41) is 0. The van der Waals surface area contributed by atoms with Crippen molar-refractivity contribution in [2.75, 3.05) is 26.2 Å². The highest BCUT2D eigenvalue weighted by Crippen LogP contribution is 2.36. The quantitative estimate of drug-likeness (QED) is 0.637. The summed E-state index contributed by atoms with van der Waals surface area (Å²) in [6.07, 6.45) is -5.30. The predicted octanol–water partition coefficient (Wildman–Crippen LogP) is 4.59. The fourth-order valence-corrected chi connectivity index (χ4v) is 4.00. The zero-order valence-electron chi connectivity index (χ0n) is 16.2. The first-order valence-electron chi connectivity index (χ1n) is 9.84. The molecule has 1 aliphatic carbocycles. The van der Waals surface area contributed by atoms with Gasteiger partial charge in [-0.25, -0.2) is 0 Å². The summed E-state index contributed by atoms with van der Waals surface area (Å²) >= 11 is 0. The molecule has 0 N–H and O–H groups in total. The van der Waals surface area contributed by atoms with Crippen LogP contribution in [0.15, 0.2) is 18.2 Å². The molecule has 1 saturated heterocycles. The Morgan fingerprint density at radius 1 is 0.733 bits per heavy atom. The highest BCUT2D eigenvalue weighted by molar-refractivity contribution is 5.95. The molecule has 0 atom stereocenters. The second-order valence-electron chi connectivity index (χ2n) is 7.75. The van der Waals surface area contributed by atoms with E-state index in [1.165, 1.54) is 4.90 Å². The normalized spacial score (nSPS) is 19.1. The van der Waals surface area contributed by atoms with Crippen molar-refractivity contribution in [3.05, 3.63) is 34.9 Å². The predicted molar refractivity (Wildman–Crippen MR) is 95.5 cm³/mol. The van der Waals surface area contributed by atoms with Gasteiger partial charge in [-0.3, -0.25) is 9.59 Å². The van der Waals surface area contributed by atoms with Gasteiger partial charge in [-0.1, -0.05) is 19.3 Å². The van der Waals surface area contributed by atoms with Crippen molar-refractivity contribution in [3.63, 3.8) is 0 Å². The Morgan fingerprint density at radius 2 is 1.20 bits per heavy atom. The lowest BCUT2D eigenvalue weighted by molar-refractivity contribution is -0.143. The number of carbonyl (C=O) groups excluding carboxylic acids is 2. The Labute approximate surface area is 169 Å². The zero-order chi connectivity index (χ0) is 22.1. The molecule has 166 valence electrons. The van der Waals surface area contributed by atoms with Gasteiger partial charge in [-0.2, -0.15) is 26.3 Å². The Morgan fingerprint density at radius 3 is 1.67 bits per heavy atom. The summed E-state index contributed by atoms with van der Waals surface area (Å²) < 4.78 is 78.1. The minimum atomic E-state index is -5.01. The highest BCUT2D eigenvalue weighted by atomic mass is 19.4. The molecule has 1 aromatic carbocycles. The molecule has 1 aromatic rings. The van der Waals surface area contributed by atoms with Crippen LogP contribution in [0.4, 0.5) is 26.3 Å². The number of rotatable bonds is 2. The van der Waals surface area contributed by atoms with E-state index in [0.717, 1.165) is 32.1 Å². The van der Waals surface area contributed by atoms with Gasteiger partial charge >= 0.3 is 12.4 Å². The Hall–Kier alpha value is -2.26. The smallest absolute Gasteiger partial charge is 0.339 e. The van der Waals surface area contributed by atoms with Crippen molar-refractivity contribution < 1.29 is 35.9 Å². The van der Waals surface area contributed by atoms with Crippen molar-refractivity contribution in [3.8, 4) is 0 Å². The van der Waals surface area contributed by atoms with E-state index in [4.69, 9.17) is 0 Å². The summed E-state index contributed by atoms with van der Waals surface area (Å²) in [6, 6.07) is 0.881. The maximum absolute atomic E-state index is 13.0. The van der Waals surface area contributed by atoms with E-state index >= 15 is 0 Å². The van der Waals surface area contributed by atoms with Crippen LogP contribution < -0.4 is 0 Å². The van der Waals surface area contributed by atoms with E-state index in [9.17, 15) is 35.9 Å². The monoisotopic (exact) mass is 436 g/mol. The van der Waals surface area contributed by atoms with Gasteiger partial charge in [0.25, 0.3) is 5.91 Å². The minimum Gasteiger partial charge on any atom is -0.339 e. The second kappa shape index (κ2) is 8.47. The number of carbonyl (C=O) groups is 2. The molecule has 0 spiro atoms. The second-order valence-corrected chi connectivity index (χ2v) is 7.75. The molecule has 10 heteroatoms. The van der Waals surface area contributed by atoms with E-state index in [-0.39, 0.29) is 44.1 Å². The number of amides is 2. The average molecular weight is 436 g/mol. The van der Waals surface area contributed by atoms with E-state index in [2.05, 4.69) is 0 Å². The molecule has 1 saturated carbocycles. The molecule has 0 aromatic heterocycles. The summed E-state index contributed by atoms with van der Waals surface area (Å²) in [4.78, 5) is 28.0. The van der Waals surface area contributed by atoms with Crippen LogP contribution >= 0.6 is 0 Å². The van der Waals surface area contributed by atoms with Crippen molar-refractivity contribution in [1.29, 1.82) is 0 Å². The SMILES string of the molecule is O=C(c1cc(C(F)(F)F)cc(C(F)(F)F)c1)N1CCN(C(=O)C2CCCCC2)CC1. The van der Waals surface area contributed by atoms with Gasteiger partial charge in [0.15, 0.2) is 0 Å². The largest absolute Gasteiger partial charge is 0.416 e. The molecule has 2 aliphatic rings. The van der Waals surface area contributed by atoms with Crippen LogP contribution in [0.2, 0.25) is 0 Å². The molecule has 2 amide bonds. The maximum Gasteiger partial charge on any atom is 0.416 e. The third-order valence-electron chi connectivity index (χ3n) is 5.67. The van der Waals surface area contributed by atoms with E-state index in [0.29, 0.717) is 12.1 Å². The van der Waals surface area contributed by atoms with Crippen LogP contribution in [-0.2, 0) is 17.1 Å². The first-order valence-corrected chi connectivity index (χ1v) is 9.84. The summed E-state index contributed by atoms with van der Waals surface area (Å²) in [6.45, 7) is 0.558. The van der Waals surface area contributed by atoms with Crippen LogP contribution in [0.25, 0.3) is 0 Å². The fraction of sp³-hybridized carbons (Fsp3) is 0.600. The Kier molecular flexibility index (Phi) is 6.33. The fourth-order valence-electron chi connectivity index (χ4n) is 4.00. The van der Waals surface area contributed by atoms with Gasteiger partial charge in [0.05, 0.1) is 11.1 Å². The standard InChI is InChI=1S/C20H22F6N2O2/c21-19(22,23)15-10-14(11-16(12-15)20(24,25)26)18(30)28-8-6-27(7-9-28)17(29)13-4-2-1-3-5-13/h10-13H,1-9H2. The number of nitrogens with zero attached hydrogens (tertiary/aromatic N) is 2. The Balaban J connectivity index is 1.72. The van der Waals surface area contributed by atoms with Crippen molar-refractivity contribution >= 4 is 11.8 Å². The van der Waals surface area contributed by atoms with E-state index in [1.54, 1.807) is 4.90 Å². The summed E-state index contributed by atoms with van der Waals surface area (Å²) in [5.74, 6) is -0.935. The van der Waals surface area contributed by atoms with Gasteiger partial charge in [-0.15, -0.1) is 0 Å². The molecule has 30 heavy (non-hydrogen) atoms. The van der Waals surface area contributed by atoms with Crippen molar-refractivity contribution in [1.82, 2.24) is 9.80 Å². The third-order valence-corrected chi connectivity index (χ3v) is 5.67. The van der Waals surface area contributed by atoms with Gasteiger partial charge in [0.2, 0.25) is 5.91 Å². The third kappa shape index (κ3) is 5.07. The number of benzene rings is 1. The molecule has 0 unspecified atom stereocenters. The van der Waals surface area contributed by atoms with Gasteiger partial charge in [0, 0.05) is 37.7 Å². The number of alkyl halides is 6. The lowest BCUT2D eigenvalue weighted by Crippen LogP contribution is -2.52. The molecule has 1 heterocycles. The number of hydrogen-bond acceptors (Lipinski definition) is 2. The van der Waals surface area contributed by atoms with Gasteiger partial charge in [-0.05, 0) is 31.0 Å². The summed E-state index contributed by atoms with van der Waals surface area (Å²) in [5.41, 5.74) is -3.71. The van der Waals surface area contributed by atoms with Crippen LogP contribution in [-0.4, -0.2) is 47.8 Å². The molecular weight excluding hydrogens is 414 g/mol. The Bertz CT molecular complexity index is 759. The molecule has 0 radical (unpaired) electrons. The van der Waals surface area contributed by atoms with E-state index < -0.39 is 35.0 Å². The average Bonchev–Trinajstić information content (AvgIpc) is 2.72. The first-order chi connectivity index (χ1) is 14.0. The van der Waals surface area contributed by atoms with Crippen molar-refractivity contribution in [2.45, 2.75) is 44.5 Å². The van der Waals surface area contributed by atoms with Crippen LogP contribution in [0.1, 0.15) is 53.6 Å². The lowest BCUT2D eigenvalue weighted by atomic mass is 9.88. The molecule has 0 bridgehead atoms. The molecular formula is C20H22F6N2O2. The number of halogens is 6.